The molecule has 2 fully saturated rings. The number of benzene rings is 2. The van der Waals surface area contributed by atoms with E-state index in [1.54, 1.807) is 0 Å². The molecule has 2 aromatic carbocycles. The number of carboxylic acid groups (broad SMARTS) is 1. The van der Waals surface area contributed by atoms with Gasteiger partial charge in [-0.2, -0.15) is 0 Å². The van der Waals surface area contributed by atoms with E-state index in [1.807, 2.05) is 24.3 Å². The molecule has 3 N–H and O–H groups in total. The van der Waals surface area contributed by atoms with Crippen LogP contribution in [0.15, 0.2) is 48.5 Å². The minimum absolute atomic E-state index is 0.0450. The molecule has 4 atom stereocenters. The Bertz CT molecular complexity index is 1090. The second-order valence-electron chi connectivity index (χ2n) is 9.73. The summed E-state index contributed by atoms with van der Waals surface area (Å²) in [6, 6.07) is 15.9. The maximum absolute atomic E-state index is 13.3. The number of carbonyl (C=O) groups excluding carboxylic acids is 2. The van der Waals surface area contributed by atoms with E-state index in [1.165, 1.54) is 4.90 Å². The summed E-state index contributed by atoms with van der Waals surface area (Å²) in [6.07, 6.45) is 2.06. The van der Waals surface area contributed by atoms with Gasteiger partial charge in [0.25, 0.3) is 0 Å². The number of rotatable bonds is 8. The summed E-state index contributed by atoms with van der Waals surface area (Å²) in [5, 5.41) is 21.5. The van der Waals surface area contributed by atoms with E-state index in [0.717, 1.165) is 41.5 Å². The van der Waals surface area contributed by atoms with Crippen LogP contribution in [0.3, 0.4) is 0 Å². The molecule has 0 spiro atoms. The summed E-state index contributed by atoms with van der Waals surface area (Å²) in [5.41, 5.74) is 4.56. The van der Waals surface area contributed by atoms with Crippen LogP contribution >= 0.6 is 0 Å². The molecule has 0 saturated heterocycles. The second kappa shape index (κ2) is 9.70. The Labute approximate surface area is 203 Å². The van der Waals surface area contributed by atoms with Crippen LogP contribution in [0, 0.1) is 17.8 Å². The smallest absolute Gasteiger partial charge is 0.407 e. The molecule has 2 aromatic rings. The molecule has 0 aliphatic heterocycles. The van der Waals surface area contributed by atoms with E-state index < -0.39 is 30.6 Å². The summed E-state index contributed by atoms with van der Waals surface area (Å²) >= 11 is 0. The van der Waals surface area contributed by atoms with Gasteiger partial charge in [-0.3, -0.25) is 9.59 Å². The monoisotopic (exact) mass is 478 g/mol. The summed E-state index contributed by atoms with van der Waals surface area (Å²) < 4.78 is 5.70. The number of ether oxygens (including phenoxy) is 1. The zero-order valence-electron chi connectivity index (χ0n) is 19.4. The van der Waals surface area contributed by atoms with Crippen LogP contribution in [-0.2, 0) is 14.3 Å². The lowest BCUT2D eigenvalue weighted by Gasteiger charge is -2.34. The van der Waals surface area contributed by atoms with Gasteiger partial charge in [-0.1, -0.05) is 48.5 Å². The van der Waals surface area contributed by atoms with Gasteiger partial charge >= 0.3 is 12.1 Å². The zero-order chi connectivity index (χ0) is 24.5. The Morgan fingerprint density at radius 3 is 2.23 bits per heavy atom. The van der Waals surface area contributed by atoms with Crippen molar-refractivity contribution in [1.29, 1.82) is 0 Å². The lowest BCUT2D eigenvalue weighted by atomic mass is 9.83. The van der Waals surface area contributed by atoms with Gasteiger partial charge in [0.15, 0.2) is 0 Å². The maximum Gasteiger partial charge on any atom is 0.407 e. The van der Waals surface area contributed by atoms with E-state index >= 15 is 0 Å². The van der Waals surface area contributed by atoms with Gasteiger partial charge in [0, 0.05) is 18.5 Å². The molecule has 5 rings (SSSR count). The minimum atomic E-state index is -1.13. The molecule has 2 bridgehead atoms. The highest BCUT2D eigenvalue weighted by atomic mass is 16.5. The second-order valence-corrected chi connectivity index (χ2v) is 9.73. The highest BCUT2D eigenvalue weighted by molar-refractivity contribution is 5.85. The number of hydrogen-bond donors (Lipinski definition) is 3. The van der Waals surface area contributed by atoms with E-state index in [-0.39, 0.29) is 43.4 Å². The van der Waals surface area contributed by atoms with Crippen LogP contribution in [0.2, 0.25) is 0 Å². The van der Waals surface area contributed by atoms with Crippen molar-refractivity contribution in [2.75, 3.05) is 26.3 Å². The van der Waals surface area contributed by atoms with Gasteiger partial charge in [0.05, 0.1) is 12.5 Å². The van der Waals surface area contributed by atoms with E-state index in [4.69, 9.17) is 4.74 Å². The zero-order valence-corrected chi connectivity index (χ0v) is 19.4. The fourth-order valence-electron chi connectivity index (χ4n) is 6.39. The molecule has 4 unspecified atom stereocenters. The molecular formula is C27H30N2O6. The van der Waals surface area contributed by atoms with Gasteiger partial charge in [-0.15, -0.1) is 0 Å². The molecule has 2 amide bonds. The van der Waals surface area contributed by atoms with Gasteiger partial charge < -0.3 is 25.2 Å². The van der Waals surface area contributed by atoms with Crippen molar-refractivity contribution in [3.05, 3.63) is 59.7 Å². The Morgan fingerprint density at radius 2 is 1.60 bits per heavy atom. The molecule has 35 heavy (non-hydrogen) atoms. The van der Waals surface area contributed by atoms with Crippen LogP contribution in [0.4, 0.5) is 4.79 Å². The minimum Gasteiger partial charge on any atom is -0.480 e. The largest absolute Gasteiger partial charge is 0.480 e. The number of fused-ring (bicyclic) bond motifs is 5. The molecule has 3 aliphatic rings. The maximum atomic E-state index is 13.3. The molecule has 0 radical (unpaired) electrons. The van der Waals surface area contributed by atoms with E-state index in [2.05, 4.69) is 29.6 Å². The highest BCUT2D eigenvalue weighted by Crippen LogP contribution is 2.49. The first-order valence-electron chi connectivity index (χ1n) is 12.2. The first-order chi connectivity index (χ1) is 17.0. The standard InChI is InChI=1S/C27H30N2O6/c30-12-11-29(14-23(31)32)26(33)24-16-9-10-17(13-16)25(24)28-27(34)35-15-22-20-7-3-1-5-18(20)19-6-2-4-8-21(19)22/h1-8,16-17,22,24-25,30H,9-15H2,(H,28,34)(H,31,32). The number of hydrogen-bond acceptors (Lipinski definition) is 5. The van der Waals surface area contributed by atoms with Crippen molar-refractivity contribution in [1.82, 2.24) is 10.2 Å². The first kappa shape index (κ1) is 23.4. The third-order valence-corrected chi connectivity index (χ3v) is 7.84. The number of amides is 2. The fourth-order valence-corrected chi connectivity index (χ4v) is 6.39. The van der Waals surface area contributed by atoms with Crippen LogP contribution in [0.25, 0.3) is 11.1 Å². The van der Waals surface area contributed by atoms with Crippen molar-refractivity contribution in [3.63, 3.8) is 0 Å². The topological polar surface area (TPSA) is 116 Å². The first-order valence-corrected chi connectivity index (χ1v) is 12.2. The third kappa shape index (κ3) is 4.38. The van der Waals surface area contributed by atoms with Gasteiger partial charge in [0.1, 0.15) is 13.2 Å². The molecule has 8 nitrogen and oxygen atoms in total. The van der Waals surface area contributed by atoms with Crippen LogP contribution in [0.1, 0.15) is 36.3 Å². The van der Waals surface area contributed by atoms with Crippen molar-refractivity contribution < 1.29 is 29.3 Å². The number of nitrogens with zero attached hydrogens (tertiary/aromatic N) is 1. The van der Waals surface area contributed by atoms with Crippen LogP contribution in [-0.4, -0.2) is 65.4 Å². The predicted octanol–water partition coefficient (Wildman–Crippen LogP) is 2.85. The van der Waals surface area contributed by atoms with E-state index in [9.17, 15) is 24.6 Å². The average molecular weight is 479 g/mol. The Kier molecular flexibility index (Phi) is 6.47. The van der Waals surface area contributed by atoms with E-state index in [0.29, 0.717) is 0 Å². The summed E-state index contributed by atoms with van der Waals surface area (Å²) in [4.78, 5) is 38.6. The van der Waals surface area contributed by atoms with Gasteiger partial charge in [-0.25, -0.2) is 4.79 Å². The van der Waals surface area contributed by atoms with Crippen LogP contribution in [0.5, 0.6) is 0 Å². The Balaban J connectivity index is 1.27. The van der Waals surface area contributed by atoms with Crippen molar-refractivity contribution in [2.24, 2.45) is 17.8 Å². The number of aliphatic hydroxyl groups excluding tert-OH is 1. The number of alkyl carbamates (subject to hydrolysis) is 1. The highest BCUT2D eigenvalue weighted by Gasteiger charge is 2.52. The number of aliphatic hydroxyl groups is 1. The lowest BCUT2D eigenvalue weighted by molar-refractivity contribution is -0.148. The lowest BCUT2D eigenvalue weighted by Crippen LogP contribution is -2.52. The quantitative estimate of drug-likeness (QED) is 0.537. The SMILES string of the molecule is O=C(O)CN(CCO)C(=O)C1C2CCC(C2)C1NC(=O)OCC1c2ccccc2-c2ccccc21. The number of aliphatic carboxylic acids is 1. The molecular weight excluding hydrogens is 448 g/mol. The number of carbonyl (C=O) groups is 3. The summed E-state index contributed by atoms with van der Waals surface area (Å²) in [5.74, 6) is -1.74. The van der Waals surface area contributed by atoms with Crippen LogP contribution < -0.4 is 5.32 Å². The van der Waals surface area contributed by atoms with Crippen molar-refractivity contribution in [3.8, 4) is 11.1 Å². The third-order valence-electron chi connectivity index (χ3n) is 7.84. The molecule has 3 aliphatic carbocycles. The fraction of sp³-hybridized carbons (Fsp3) is 0.444. The summed E-state index contributed by atoms with van der Waals surface area (Å²) in [6.45, 7) is -0.638. The Hall–Kier alpha value is -3.39. The van der Waals surface area contributed by atoms with Gasteiger partial charge in [-0.05, 0) is 53.4 Å². The molecule has 0 heterocycles. The Morgan fingerprint density at radius 1 is 0.971 bits per heavy atom. The number of nitrogens with one attached hydrogen (secondary N) is 1. The molecule has 8 heteroatoms. The summed E-state index contributed by atoms with van der Waals surface area (Å²) in [7, 11) is 0. The molecule has 2 saturated carbocycles. The van der Waals surface area contributed by atoms with Crippen molar-refractivity contribution >= 4 is 18.0 Å². The molecule has 0 aromatic heterocycles. The van der Waals surface area contributed by atoms with Crippen molar-refractivity contribution in [2.45, 2.75) is 31.2 Å². The normalized spacial score (nSPS) is 24.0. The predicted molar refractivity (Wildman–Crippen MR) is 128 cm³/mol. The van der Waals surface area contributed by atoms with Gasteiger partial charge in [0.2, 0.25) is 5.91 Å². The molecule has 184 valence electrons. The number of carboxylic acids is 1. The average Bonchev–Trinajstić information content (AvgIpc) is 3.54.